The molecule has 106 valence electrons. The molecular weight excluding hydrogens is 258 g/mol. The molecule has 0 amide bonds. The molecule has 2 N–H and O–H groups in total. The molecule has 3 aromatic rings. The zero-order valence-electron chi connectivity index (χ0n) is 12.3. The molecule has 0 aromatic heterocycles. The zero-order valence-corrected chi connectivity index (χ0v) is 12.3. The SMILES string of the molecule is Cc1ccccc1C(C)Nc1cccc2c(O)cccc12. The quantitative estimate of drug-likeness (QED) is 0.704. The van der Waals surface area contributed by atoms with E-state index in [1.54, 1.807) is 6.07 Å². The highest BCUT2D eigenvalue weighted by molar-refractivity contribution is 5.97. The number of fused-ring (bicyclic) bond motifs is 1. The van der Waals surface area contributed by atoms with Crippen LogP contribution in [0.15, 0.2) is 60.7 Å². The molecule has 0 aliphatic rings. The van der Waals surface area contributed by atoms with E-state index in [2.05, 4.69) is 49.5 Å². The van der Waals surface area contributed by atoms with Gasteiger partial charge in [0.15, 0.2) is 0 Å². The Bertz CT molecular complexity index is 779. The second-order valence-corrected chi connectivity index (χ2v) is 5.40. The van der Waals surface area contributed by atoms with Crippen LogP contribution in [0.2, 0.25) is 0 Å². The van der Waals surface area contributed by atoms with Gasteiger partial charge in [-0.15, -0.1) is 0 Å². The van der Waals surface area contributed by atoms with Crippen LogP contribution in [0.25, 0.3) is 10.8 Å². The molecule has 0 saturated heterocycles. The van der Waals surface area contributed by atoms with Gasteiger partial charge in [-0.2, -0.15) is 0 Å². The third-order valence-corrected chi connectivity index (χ3v) is 3.93. The molecule has 1 atom stereocenters. The van der Waals surface area contributed by atoms with Crippen molar-refractivity contribution in [1.29, 1.82) is 0 Å². The summed E-state index contributed by atoms with van der Waals surface area (Å²) in [5.74, 6) is 0.319. The van der Waals surface area contributed by atoms with Gasteiger partial charge >= 0.3 is 0 Å². The maximum absolute atomic E-state index is 9.96. The van der Waals surface area contributed by atoms with Crippen LogP contribution in [-0.4, -0.2) is 5.11 Å². The Morgan fingerprint density at radius 2 is 1.57 bits per heavy atom. The van der Waals surface area contributed by atoms with Crippen LogP contribution in [0.1, 0.15) is 24.1 Å². The van der Waals surface area contributed by atoms with Gasteiger partial charge in [-0.05, 0) is 37.1 Å². The van der Waals surface area contributed by atoms with E-state index in [1.807, 2.05) is 24.3 Å². The Kier molecular flexibility index (Phi) is 3.53. The highest BCUT2D eigenvalue weighted by Gasteiger charge is 2.10. The van der Waals surface area contributed by atoms with Crippen molar-refractivity contribution in [2.24, 2.45) is 0 Å². The summed E-state index contributed by atoms with van der Waals surface area (Å²) in [6.45, 7) is 4.28. The van der Waals surface area contributed by atoms with Crippen molar-refractivity contribution in [2.45, 2.75) is 19.9 Å². The number of benzene rings is 3. The van der Waals surface area contributed by atoms with Crippen LogP contribution < -0.4 is 5.32 Å². The molecule has 0 fully saturated rings. The Hall–Kier alpha value is -2.48. The molecule has 3 aromatic carbocycles. The molecule has 3 rings (SSSR count). The minimum absolute atomic E-state index is 0.208. The van der Waals surface area contributed by atoms with Crippen LogP contribution in [0.3, 0.4) is 0 Å². The number of aryl methyl sites for hydroxylation is 1. The van der Waals surface area contributed by atoms with Gasteiger partial charge in [0.25, 0.3) is 0 Å². The summed E-state index contributed by atoms with van der Waals surface area (Å²) < 4.78 is 0. The topological polar surface area (TPSA) is 32.3 Å². The van der Waals surface area contributed by atoms with Crippen LogP contribution in [0.4, 0.5) is 5.69 Å². The van der Waals surface area contributed by atoms with E-state index in [9.17, 15) is 5.11 Å². The second-order valence-electron chi connectivity index (χ2n) is 5.40. The number of hydrogen-bond donors (Lipinski definition) is 2. The van der Waals surface area contributed by atoms with E-state index >= 15 is 0 Å². The van der Waals surface area contributed by atoms with E-state index in [1.165, 1.54) is 11.1 Å². The summed E-state index contributed by atoms with van der Waals surface area (Å²) in [6.07, 6.45) is 0. The second kappa shape index (κ2) is 5.49. The standard InChI is InChI=1S/C19H19NO/c1-13-7-3-4-8-15(13)14(2)20-18-11-5-10-17-16(18)9-6-12-19(17)21/h3-12,14,20-21H,1-2H3. The van der Waals surface area contributed by atoms with Gasteiger partial charge in [0.05, 0.1) is 0 Å². The van der Waals surface area contributed by atoms with Gasteiger partial charge in [-0.25, -0.2) is 0 Å². The van der Waals surface area contributed by atoms with Crippen LogP contribution >= 0.6 is 0 Å². The number of nitrogens with one attached hydrogen (secondary N) is 1. The Balaban J connectivity index is 1.99. The summed E-state index contributed by atoms with van der Waals surface area (Å²) >= 11 is 0. The fourth-order valence-corrected chi connectivity index (χ4v) is 2.80. The highest BCUT2D eigenvalue weighted by atomic mass is 16.3. The minimum atomic E-state index is 0.208. The first-order valence-electron chi connectivity index (χ1n) is 7.19. The van der Waals surface area contributed by atoms with E-state index in [0.717, 1.165) is 16.5 Å². The van der Waals surface area contributed by atoms with E-state index in [0.29, 0.717) is 5.75 Å². The van der Waals surface area contributed by atoms with Crippen LogP contribution in [-0.2, 0) is 0 Å². The Labute approximate surface area is 125 Å². The summed E-state index contributed by atoms with van der Waals surface area (Å²) in [4.78, 5) is 0. The molecule has 0 spiro atoms. The fourth-order valence-electron chi connectivity index (χ4n) is 2.80. The largest absolute Gasteiger partial charge is 0.507 e. The first-order chi connectivity index (χ1) is 10.2. The molecule has 0 heterocycles. The Morgan fingerprint density at radius 1 is 0.857 bits per heavy atom. The number of phenolic OH excluding ortho intramolecular Hbond substituents is 1. The van der Waals surface area contributed by atoms with Crippen LogP contribution in [0.5, 0.6) is 5.75 Å². The maximum atomic E-state index is 9.96. The van der Waals surface area contributed by atoms with E-state index in [-0.39, 0.29) is 6.04 Å². The number of hydrogen-bond acceptors (Lipinski definition) is 2. The van der Waals surface area contributed by atoms with Crippen molar-refractivity contribution in [3.8, 4) is 5.75 Å². The number of anilines is 1. The smallest absolute Gasteiger partial charge is 0.123 e. The lowest BCUT2D eigenvalue weighted by Gasteiger charge is -2.19. The van der Waals surface area contributed by atoms with Crippen molar-refractivity contribution in [3.05, 3.63) is 71.8 Å². The van der Waals surface area contributed by atoms with Gasteiger partial charge < -0.3 is 10.4 Å². The highest BCUT2D eigenvalue weighted by Crippen LogP contribution is 2.32. The lowest BCUT2D eigenvalue weighted by atomic mass is 10.0. The predicted molar refractivity (Wildman–Crippen MR) is 88.8 cm³/mol. The van der Waals surface area contributed by atoms with E-state index in [4.69, 9.17) is 0 Å². The van der Waals surface area contributed by atoms with Crippen molar-refractivity contribution in [2.75, 3.05) is 5.32 Å². The normalized spacial score (nSPS) is 12.3. The molecule has 2 heteroatoms. The van der Waals surface area contributed by atoms with Gasteiger partial charge in [0, 0.05) is 22.5 Å². The average molecular weight is 277 g/mol. The third kappa shape index (κ3) is 2.57. The van der Waals surface area contributed by atoms with Crippen molar-refractivity contribution in [3.63, 3.8) is 0 Å². The monoisotopic (exact) mass is 277 g/mol. The summed E-state index contributed by atoms with van der Waals surface area (Å²) in [5.41, 5.74) is 3.61. The first-order valence-corrected chi connectivity index (χ1v) is 7.19. The fraction of sp³-hybridized carbons (Fsp3) is 0.158. The molecular formula is C19H19NO. The molecule has 0 aliphatic heterocycles. The number of aromatic hydroxyl groups is 1. The molecule has 21 heavy (non-hydrogen) atoms. The lowest BCUT2D eigenvalue weighted by molar-refractivity contribution is 0.481. The van der Waals surface area contributed by atoms with Crippen molar-refractivity contribution in [1.82, 2.24) is 0 Å². The summed E-state index contributed by atoms with van der Waals surface area (Å²) in [5, 5.41) is 15.4. The molecule has 0 radical (unpaired) electrons. The van der Waals surface area contributed by atoms with Gasteiger partial charge in [0.1, 0.15) is 5.75 Å². The number of phenols is 1. The van der Waals surface area contributed by atoms with Crippen molar-refractivity contribution >= 4 is 16.5 Å². The predicted octanol–water partition coefficient (Wildman–Crippen LogP) is 5.03. The first kappa shape index (κ1) is 13.5. The summed E-state index contributed by atoms with van der Waals surface area (Å²) in [6, 6.07) is 20.2. The maximum Gasteiger partial charge on any atom is 0.123 e. The zero-order chi connectivity index (χ0) is 14.8. The van der Waals surface area contributed by atoms with Gasteiger partial charge in [-0.1, -0.05) is 48.5 Å². The van der Waals surface area contributed by atoms with Crippen molar-refractivity contribution < 1.29 is 5.11 Å². The number of rotatable bonds is 3. The molecule has 1 unspecified atom stereocenters. The lowest BCUT2D eigenvalue weighted by Crippen LogP contribution is -2.08. The van der Waals surface area contributed by atoms with E-state index < -0.39 is 0 Å². The minimum Gasteiger partial charge on any atom is -0.507 e. The molecule has 0 saturated carbocycles. The van der Waals surface area contributed by atoms with Gasteiger partial charge in [0.2, 0.25) is 0 Å². The Morgan fingerprint density at radius 3 is 2.38 bits per heavy atom. The summed E-state index contributed by atoms with van der Waals surface area (Å²) in [7, 11) is 0. The average Bonchev–Trinajstić information content (AvgIpc) is 2.49. The van der Waals surface area contributed by atoms with Gasteiger partial charge in [-0.3, -0.25) is 0 Å². The molecule has 2 nitrogen and oxygen atoms in total. The third-order valence-electron chi connectivity index (χ3n) is 3.93. The molecule has 0 aliphatic carbocycles. The molecule has 0 bridgehead atoms. The van der Waals surface area contributed by atoms with Crippen LogP contribution in [0, 0.1) is 6.92 Å².